The third-order valence-electron chi connectivity index (χ3n) is 2.87. The van der Waals surface area contributed by atoms with Crippen LogP contribution in [0, 0.1) is 0 Å². The molecule has 0 saturated heterocycles. The molecule has 3 nitrogen and oxygen atoms in total. The number of hydrogen-bond donors (Lipinski definition) is 2. The van der Waals surface area contributed by atoms with Crippen LogP contribution in [0.15, 0.2) is 46.3 Å². The van der Waals surface area contributed by atoms with Gasteiger partial charge in [-0.3, -0.25) is 0 Å². The number of hydrogen-bond acceptors (Lipinski definition) is 4. The van der Waals surface area contributed by atoms with Crippen molar-refractivity contribution < 1.29 is 9.84 Å². The van der Waals surface area contributed by atoms with Gasteiger partial charge in [-0.25, -0.2) is 0 Å². The molecular formula is C15H18BrNO2S. The van der Waals surface area contributed by atoms with Gasteiger partial charge >= 0.3 is 0 Å². The van der Waals surface area contributed by atoms with Crippen molar-refractivity contribution in [2.75, 3.05) is 13.2 Å². The molecule has 0 aliphatic carbocycles. The van der Waals surface area contributed by atoms with Gasteiger partial charge in [0.05, 0.1) is 0 Å². The van der Waals surface area contributed by atoms with E-state index in [1.54, 1.807) is 11.3 Å². The number of aliphatic hydroxyl groups excluding tert-OH is 1. The maximum absolute atomic E-state index is 9.93. The Morgan fingerprint density at radius 1 is 1.35 bits per heavy atom. The highest BCUT2D eigenvalue weighted by Gasteiger charge is 2.10. The molecule has 0 radical (unpaired) electrons. The maximum Gasteiger partial charge on any atom is 0.120 e. The fraction of sp³-hybridized carbons (Fsp3) is 0.333. The Labute approximate surface area is 131 Å². The van der Waals surface area contributed by atoms with Crippen LogP contribution in [0.2, 0.25) is 0 Å². The Balaban J connectivity index is 1.71. The molecule has 0 aliphatic heterocycles. The van der Waals surface area contributed by atoms with Crippen molar-refractivity contribution in [2.24, 2.45) is 0 Å². The molecule has 1 heterocycles. The van der Waals surface area contributed by atoms with Crippen LogP contribution in [-0.4, -0.2) is 24.4 Å². The van der Waals surface area contributed by atoms with E-state index in [4.69, 9.17) is 4.74 Å². The molecule has 1 unspecified atom stereocenters. The van der Waals surface area contributed by atoms with Gasteiger partial charge in [0.25, 0.3) is 0 Å². The monoisotopic (exact) mass is 355 g/mol. The Morgan fingerprint density at radius 2 is 2.20 bits per heavy atom. The summed E-state index contributed by atoms with van der Waals surface area (Å²) in [5.74, 6) is 0.754. The van der Waals surface area contributed by atoms with Gasteiger partial charge in [0.2, 0.25) is 0 Å². The van der Waals surface area contributed by atoms with Crippen molar-refractivity contribution in [3.63, 3.8) is 0 Å². The zero-order chi connectivity index (χ0) is 14.4. The predicted molar refractivity (Wildman–Crippen MR) is 86.4 cm³/mol. The van der Waals surface area contributed by atoms with Crippen LogP contribution in [0.25, 0.3) is 0 Å². The minimum atomic E-state index is -0.531. The van der Waals surface area contributed by atoms with Gasteiger partial charge in [-0.15, -0.1) is 11.3 Å². The fourth-order valence-corrected chi connectivity index (χ4v) is 2.90. The van der Waals surface area contributed by atoms with Crippen molar-refractivity contribution in [2.45, 2.75) is 19.1 Å². The molecule has 5 heteroatoms. The number of thiophene rings is 1. The fourth-order valence-electron chi connectivity index (χ4n) is 1.76. The van der Waals surface area contributed by atoms with Crippen LogP contribution in [0.4, 0.5) is 0 Å². The minimum Gasteiger partial charge on any atom is -0.491 e. The van der Waals surface area contributed by atoms with Gasteiger partial charge in [0.1, 0.15) is 18.5 Å². The highest BCUT2D eigenvalue weighted by Crippen LogP contribution is 2.19. The third-order valence-corrected chi connectivity index (χ3v) is 4.42. The van der Waals surface area contributed by atoms with Gasteiger partial charge < -0.3 is 15.2 Å². The van der Waals surface area contributed by atoms with E-state index in [0.717, 1.165) is 10.2 Å². The van der Waals surface area contributed by atoms with Crippen molar-refractivity contribution in [3.8, 4) is 5.75 Å². The summed E-state index contributed by atoms with van der Waals surface area (Å²) in [6.45, 7) is 2.88. The largest absolute Gasteiger partial charge is 0.491 e. The minimum absolute atomic E-state index is 0.246. The predicted octanol–water partition coefficient (Wildman–Crippen LogP) is 3.60. The summed E-state index contributed by atoms with van der Waals surface area (Å²) in [7, 11) is 0. The van der Waals surface area contributed by atoms with E-state index < -0.39 is 6.10 Å². The lowest BCUT2D eigenvalue weighted by molar-refractivity contribution is 0.104. The lowest BCUT2D eigenvalue weighted by Gasteiger charge is -2.16. The zero-order valence-electron chi connectivity index (χ0n) is 11.3. The molecule has 0 spiro atoms. The molecule has 0 bridgehead atoms. The average Bonchev–Trinajstić information content (AvgIpc) is 2.97. The van der Waals surface area contributed by atoms with Crippen molar-refractivity contribution in [1.82, 2.24) is 5.32 Å². The van der Waals surface area contributed by atoms with Gasteiger partial charge in [-0.1, -0.05) is 28.1 Å². The van der Waals surface area contributed by atoms with Crippen LogP contribution in [-0.2, 0) is 0 Å². The number of ether oxygens (including phenoxy) is 1. The molecule has 2 atom stereocenters. The van der Waals surface area contributed by atoms with E-state index in [9.17, 15) is 5.11 Å². The molecule has 0 saturated carbocycles. The van der Waals surface area contributed by atoms with E-state index in [1.807, 2.05) is 30.3 Å². The third kappa shape index (κ3) is 4.90. The first kappa shape index (κ1) is 15.5. The topological polar surface area (TPSA) is 41.5 Å². The van der Waals surface area contributed by atoms with E-state index in [-0.39, 0.29) is 12.6 Å². The van der Waals surface area contributed by atoms with Crippen molar-refractivity contribution in [1.29, 1.82) is 0 Å². The molecule has 2 N–H and O–H groups in total. The summed E-state index contributed by atoms with van der Waals surface area (Å²) in [4.78, 5) is 1.27. The molecule has 1 aromatic carbocycles. The number of aliphatic hydroxyl groups is 1. The van der Waals surface area contributed by atoms with E-state index in [1.165, 1.54) is 4.88 Å². The van der Waals surface area contributed by atoms with E-state index in [2.05, 4.69) is 39.6 Å². The zero-order valence-corrected chi connectivity index (χ0v) is 13.7. The number of halogens is 1. The molecule has 1 aromatic heterocycles. The summed E-state index contributed by atoms with van der Waals surface area (Å²) in [6, 6.07) is 12.0. The standard InChI is InChI=1S/C15H18BrNO2S/c1-11(15-6-3-7-20-15)17-9-13(18)10-19-14-5-2-4-12(16)8-14/h2-8,11,13,17-18H,9-10H2,1H3/t11-,13?/m1/s1. The molecule has 0 aliphatic rings. The summed E-state index contributed by atoms with van der Waals surface area (Å²) in [5, 5.41) is 15.3. The molecule has 2 rings (SSSR count). The summed E-state index contributed by atoms with van der Waals surface area (Å²) in [5.41, 5.74) is 0. The highest BCUT2D eigenvalue weighted by atomic mass is 79.9. The van der Waals surface area contributed by atoms with Crippen molar-refractivity contribution in [3.05, 3.63) is 51.1 Å². The average molecular weight is 356 g/mol. The van der Waals surface area contributed by atoms with E-state index >= 15 is 0 Å². The quantitative estimate of drug-likeness (QED) is 0.797. The molecule has 0 amide bonds. The Morgan fingerprint density at radius 3 is 2.90 bits per heavy atom. The van der Waals surface area contributed by atoms with E-state index in [0.29, 0.717) is 6.54 Å². The van der Waals surface area contributed by atoms with Crippen LogP contribution in [0.1, 0.15) is 17.8 Å². The molecule has 0 fully saturated rings. The lowest BCUT2D eigenvalue weighted by atomic mass is 10.2. The highest BCUT2D eigenvalue weighted by molar-refractivity contribution is 9.10. The summed E-state index contributed by atoms with van der Waals surface area (Å²) in [6.07, 6.45) is -0.531. The Bertz CT molecular complexity index is 518. The Kier molecular flexibility index (Phi) is 6.04. The first-order valence-electron chi connectivity index (χ1n) is 6.48. The van der Waals surface area contributed by atoms with Gasteiger partial charge in [0.15, 0.2) is 0 Å². The number of rotatable bonds is 7. The first-order valence-corrected chi connectivity index (χ1v) is 8.15. The molecule has 20 heavy (non-hydrogen) atoms. The van der Waals surface area contributed by atoms with Crippen LogP contribution >= 0.6 is 27.3 Å². The van der Waals surface area contributed by atoms with Crippen molar-refractivity contribution >= 4 is 27.3 Å². The van der Waals surface area contributed by atoms with Gasteiger partial charge in [-0.2, -0.15) is 0 Å². The van der Waals surface area contributed by atoms with Gasteiger partial charge in [-0.05, 0) is 36.6 Å². The van der Waals surface area contributed by atoms with Gasteiger partial charge in [0, 0.05) is 21.9 Å². The normalized spacial score (nSPS) is 13.9. The van der Waals surface area contributed by atoms with Crippen LogP contribution in [0.3, 0.4) is 0 Å². The second kappa shape index (κ2) is 7.78. The lowest BCUT2D eigenvalue weighted by Crippen LogP contribution is -2.32. The number of benzene rings is 1. The molecular weight excluding hydrogens is 338 g/mol. The second-order valence-electron chi connectivity index (χ2n) is 4.57. The summed E-state index contributed by atoms with van der Waals surface area (Å²) >= 11 is 5.10. The van der Waals surface area contributed by atoms with Crippen LogP contribution in [0.5, 0.6) is 5.75 Å². The van der Waals surface area contributed by atoms with Crippen LogP contribution < -0.4 is 10.1 Å². The second-order valence-corrected chi connectivity index (χ2v) is 6.46. The molecule has 2 aromatic rings. The summed E-state index contributed by atoms with van der Waals surface area (Å²) < 4.78 is 6.52. The molecule has 108 valence electrons. The maximum atomic E-state index is 9.93. The Hall–Kier alpha value is -0.880. The first-order chi connectivity index (χ1) is 9.65. The number of nitrogens with one attached hydrogen (secondary N) is 1. The SMILES string of the molecule is C[C@@H](NCC(O)COc1cccc(Br)c1)c1cccs1. The smallest absolute Gasteiger partial charge is 0.120 e.